The number of methoxy groups -OCH3 is 1. The van der Waals surface area contributed by atoms with Gasteiger partial charge in [0, 0.05) is 0 Å². The summed E-state index contributed by atoms with van der Waals surface area (Å²) in [4.78, 5) is 37.2. The summed E-state index contributed by atoms with van der Waals surface area (Å²) < 4.78 is 56.0. The van der Waals surface area contributed by atoms with Crippen LogP contribution in [-0.2, 0) is 22.4 Å². The number of hydrogen-bond donors (Lipinski definition) is 1. The summed E-state index contributed by atoms with van der Waals surface area (Å²) in [6.07, 6.45) is -4.65. The van der Waals surface area contributed by atoms with Gasteiger partial charge in [0.1, 0.15) is 5.52 Å². The molecule has 4 rings (SSSR count). The number of benzene rings is 3. The van der Waals surface area contributed by atoms with Crippen molar-refractivity contribution in [1.82, 2.24) is 15.0 Å². The second kappa shape index (κ2) is 11.0. The molecular formula is C25H19F3N4O6. The van der Waals surface area contributed by atoms with Crippen molar-refractivity contribution in [3.8, 4) is 11.5 Å². The Morgan fingerprint density at radius 1 is 1.00 bits per heavy atom. The molecule has 0 saturated carbocycles. The Kier molecular flexibility index (Phi) is 7.55. The fourth-order valence-corrected chi connectivity index (χ4v) is 3.39. The standard InChI is InChI=1S/C25H19F3N4O6/c1-36-21-12-15(24(35)38-14-32-23(34)16-6-2-4-8-18(16)30-31-32)10-11-20(21)37-13-22(33)29-19-9-5-3-7-17(19)25(26,27)28/h2-12H,13-14H2,1H3,(H,29,33). The lowest BCUT2D eigenvalue weighted by atomic mass is 10.1. The molecule has 0 unspecified atom stereocenters. The number of alkyl halides is 3. The minimum absolute atomic E-state index is 0.0413. The first-order valence-corrected chi connectivity index (χ1v) is 10.9. The summed E-state index contributed by atoms with van der Waals surface area (Å²) in [5.74, 6) is -1.53. The van der Waals surface area contributed by atoms with E-state index in [0.717, 1.165) is 16.8 Å². The predicted molar refractivity (Wildman–Crippen MR) is 128 cm³/mol. The third-order valence-corrected chi connectivity index (χ3v) is 5.21. The molecule has 0 bridgehead atoms. The van der Waals surface area contributed by atoms with E-state index < -0.39 is 48.2 Å². The van der Waals surface area contributed by atoms with Gasteiger partial charge < -0.3 is 19.5 Å². The van der Waals surface area contributed by atoms with Crippen LogP contribution in [-0.4, -0.2) is 40.6 Å². The van der Waals surface area contributed by atoms with E-state index in [0.29, 0.717) is 10.9 Å². The third-order valence-electron chi connectivity index (χ3n) is 5.21. The lowest BCUT2D eigenvalue weighted by molar-refractivity contribution is -0.137. The molecule has 0 aliphatic carbocycles. The molecule has 4 aromatic rings. The van der Waals surface area contributed by atoms with E-state index in [1.165, 1.54) is 37.4 Å². The highest BCUT2D eigenvalue weighted by molar-refractivity contribution is 5.93. The van der Waals surface area contributed by atoms with Gasteiger partial charge in [-0.2, -0.15) is 17.9 Å². The van der Waals surface area contributed by atoms with Crippen LogP contribution in [0.2, 0.25) is 0 Å². The number of para-hydroxylation sites is 1. The molecule has 0 aliphatic rings. The molecule has 0 atom stereocenters. The van der Waals surface area contributed by atoms with Gasteiger partial charge >= 0.3 is 12.1 Å². The van der Waals surface area contributed by atoms with Crippen LogP contribution in [0.3, 0.4) is 0 Å². The number of carbonyl (C=O) groups excluding carboxylic acids is 2. The molecule has 0 saturated heterocycles. The van der Waals surface area contributed by atoms with Crippen LogP contribution >= 0.6 is 0 Å². The monoisotopic (exact) mass is 528 g/mol. The van der Waals surface area contributed by atoms with Crippen molar-refractivity contribution >= 4 is 28.5 Å². The molecule has 0 radical (unpaired) electrons. The maximum atomic E-state index is 13.1. The van der Waals surface area contributed by atoms with E-state index in [1.54, 1.807) is 24.3 Å². The molecule has 1 N–H and O–H groups in total. The first kappa shape index (κ1) is 26.1. The minimum atomic E-state index is -4.65. The van der Waals surface area contributed by atoms with E-state index in [4.69, 9.17) is 14.2 Å². The van der Waals surface area contributed by atoms with Gasteiger partial charge in [-0.1, -0.05) is 29.5 Å². The maximum Gasteiger partial charge on any atom is 0.418 e. The Hall–Kier alpha value is -4.94. The van der Waals surface area contributed by atoms with Crippen molar-refractivity contribution in [2.45, 2.75) is 12.9 Å². The molecule has 0 fully saturated rings. The zero-order valence-corrected chi connectivity index (χ0v) is 19.7. The second-order valence-corrected chi connectivity index (χ2v) is 7.72. The number of rotatable bonds is 8. The van der Waals surface area contributed by atoms with Crippen LogP contribution < -0.4 is 20.3 Å². The zero-order chi connectivity index (χ0) is 27.3. The van der Waals surface area contributed by atoms with Gasteiger partial charge in [-0.15, -0.1) is 5.10 Å². The first-order chi connectivity index (χ1) is 18.2. The third kappa shape index (κ3) is 5.88. The lowest BCUT2D eigenvalue weighted by Crippen LogP contribution is -2.26. The van der Waals surface area contributed by atoms with Gasteiger partial charge in [-0.3, -0.25) is 9.59 Å². The number of ether oxygens (including phenoxy) is 3. The highest BCUT2D eigenvalue weighted by Gasteiger charge is 2.33. The highest BCUT2D eigenvalue weighted by atomic mass is 19.4. The van der Waals surface area contributed by atoms with E-state index in [1.807, 2.05) is 0 Å². The topological polar surface area (TPSA) is 122 Å². The van der Waals surface area contributed by atoms with Crippen LogP contribution in [0.25, 0.3) is 10.9 Å². The Bertz CT molecular complexity index is 1550. The van der Waals surface area contributed by atoms with E-state index in [2.05, 4.69) is 15.6 Å². The number of nitrogens with zero attached hydrogens (tertiary/aromatic N) is 3. The van der Waals surface area contributed by atoms with Crippen LogP contribution in [0.1, 0.15) is 15.9 Å². The number of fused-ring (bicyclic) bond motifs is 1. The lowest BCUT2D eigenvalue weighted by Gasteiger charge is -2.15. The maximum absolute atomic E-state index is 13.1. The largest absolute Gasteiger partial charge is 0.493 e. The highest BCUT2D eigenvalue weighted by Crippen LogP contribution is 2.34. The summed E-state index contributed by atoms with van der Waals surface area (Å²) >= 11 is 0. The van der Waals surface area contributed by atoms with E-state index in [9.17, 15) is 27.6 Å². The molecule has 1 heterocycles. The first-order valence-electron chi connectivity index (χ1n) is 10.9. The smallest absolute Gasteiger partial charge is 0.418 e. The van der Waals surface area contributed by atoms with Gasteiger partial charge in [0.2, 0.25) is 0 Å². The molecule has 1 amide bonds. The number of carbonyl (C=O) groups is 2. The molecule has 196 valence electrons. The molecular weight excluding hydrogens is 509 g/mol. The van der Waals surface area contributed by atoms with Crippen LogP contribution in [0.4, 0.5) is 18.9 Å². The SMILES string of the molecule is COc1cc(C(=O)OCn2nnc3ccccc3c2=O)ccc1OCC(=O)Nc1ccccc1C(F)(F)F. The van der Waals surface area contributed by atoms with Gasteiger partial charge in [0.05, 0.1) is 29.3 Å². The summed E-state index contributed by atoms with van der Waals surface area (Å²) in [7, 11) is 1.29. The summed E-state index contributed by atoms with van der Waals surface area (Å²) in [5.41, 5.74) is -1.45. The molecule has 38 heavy (non-hydrogen) atoms. The minimum Gasteiger partial charge on any atom is -0.493 e. The summed E-state index contributed by atoms with van der Waals surface area (Å²) in [6, 6.07) is 15.0. The Balaban J connectivity index is 1.39. The molecule has 10 nitrogen and oxygen atoms in total. The van der Waals surface area contributed by atoms with Crippen molar-refractivity contribution in [3.05, 3.63) is 88.2 Å². The number of anilines is 1. The molecule has 1 aromatic heterocycles. The van der Waals surface area contributed by atoms with Crippen LogP contribution in [0.15, 0.2) is 71.5 Å². The van der Waals surface area contributed by atoms with Gasteiger partial charge in [0.15, 0.2) is 24.8 Å². The fraction of sp³-hybridized carbons (Fsp3) is 0.160. The van der Waals surface area contributed by atoms with Crippen molar-refractivity contribution in [2.24, 2.45) is 0 Å². The van der Waals surface area contributed by atoms with Crippen LogP contribution in [0, 0.1) is 0 Å². The van der Waals surface area contributed by atoms with Crippen molar-refractivity contribution in [3.63, 3.8) is 0 Å². The summed E-state index contributed by atoms with van der Waals surface area (Å²) in [5, 5.41) is 10.1. The molecule has 0 spiro atoms. The van der Waals surface area contributed by atoms with Gasteiger partial charge in [-0.05, 0) is 42.5 Å². The zero-order valence-electron chi connectivity index (χ0n) is 19.7. The number of halogens is 3. The Labute approximate surface area is 212 Å². The van der Waals surface area contributed by atoms with E-state index in [-0.39, 0.29) is 17.1 Å². The second-order valence-electron chi connectivity index (χ2n) is 7.72. The average Bonchev–Trinajstić information content (AvgIpc) is 2.91. The number of nitrogens with one attached hydrogen (secondary N) is 1. The number of aromatic nitrogens is 3. The Morgan fingerprint density at radius 3 is 2.50 bits per heavy atom. The van der Waals surface area contributed by atoms with Crippen molar-refractivity contribution in [2.75, 3.05) is 19.0 Å². The van der Waals surface area contributed by atoms with Crippen molar-refractivity contribution < 1.29 is 37.0 Å². The quantitative estimate of drug-likeness (QED) is 0.344. The number of esters is 1. The van der Waals surface area contributed by atoms with Gasteiger partial charge in [0.25, 0.3) is 11.5 Å². The number of amides is 1. The van der Waals surface area contributed by atoms with Gasteiger partial charge in [-0.25, -0.2) is 4.79 Å². The molecule has 0 aliphatic heterocycles. The molecule has 3 aromatic carbocycles. The predicted octanol–water partition coefficient (Wildman–Crippen LogP) is 3.65. The normalized spacial score (nSPS) is 11.2. The fourth-order valence-electron chi connectivity index (χ4n) is 3.39. The van der Waals surface area contributed by atoms with Crippen LogP contribution in [0.5, 0.6) is 11.5 Å². The average molecular weight is 528 g/mol. The molecule has 13 heteroatoms. The van der Waals surface area contributed by atoms with Crippen molar-refractivity contribution in [1.29, 1.82) is 0 Å². The van der Waals surface area contributed by atoms with E-state index >= 15 is 0 Å². The Morgan fingerprint density at radius 2 is 1.74 bits per heavy atom. The summed E-state index contributed by atoms with van der Waals surface area (Å²) in [6.45, 7) is -1.12. The number of hydrogen-bond acceptors (Lipinski definition) is 8.